The van der Waals surface area contributed by atoms with E-state index in [2.05, 4.69) is 30.2 Å². The molecule has 0 atom stereocenters. The zero-order valence-corrected chi connectivity index (χ0v) is 17.5. The summed E-state index contributed by atoms with van der Waals surface area (Å²) < 4.78 is 54.9. The Morgan fingerprint density at radius 2 is 1.85 bits per heavy atom. The molecule has 12 heteroatoms. The van der Waals surface area contributed by atoms with E-state index in [4.69, 9.17) is 0 Å². The highest BCUT2D eigenvalue weighted by atomic mass is 32.1. The molecule has 1 N–H and O–H groups in total. The van der Waals surface area contributed by atoms with Crippen molar-refractivity contribution < 1.29 is 17.6 Å². The Morgan fingerprint density at radius 3 is 2.61 bits per heavy atom. The number of alkyl halides is 3. The van der Waals surface area contributed by atoms with Crippen molar-refractivity contribution in [3.05, 3.63) is 59.8 Å². The molecule has 33 heavy (non-hydrogen) atoms. The van der Waals surface area contributed by atoms with Crippen LogP contribution >= 0.6 is 11.3 Å². The molecule has 7 nitrogen and oxygen atoms in total. The van der Waals surface area contributed by atoms with Crippen molar-refractivity contribution in [1.29, 1.82) is 0 Å². The molecule has 0 unspecified atom stereocenters. The van der Waals surface area contributed by atoms with Gasteiger partial charge < -0.3 is 0 Å². The van der Waals surface area contributed by atoms with Gasteiger partial charge in [0, 0.05) is 10.9 Å². The van der Waals surface area contributed by atoms with Crippen molar-refractivity contribution in [1.82, 2.24) is 34.8 Å². The largest absolute Gasteiger partial charge is 0.433 e. The second kappa shape index (κ2) is 6.78. The SMILES string of the molecule is Cc1cc(C(F)(F)F)nc2sc3c(ncn4nc(-c5cc(-c6ccc(F)cc6)n[nH]5)nc34)c12. The van der Waals surface area contributed by atoms with Crippen molar-refractivity contribution in [3.8, 4) is 22.8 Å². The zero-order chi connectivity index (χ0) is 22.9. The van der Waals surface area contributed by atoms with E-state index in [0.29, 0.717) is 44.0 Å². The molecule has 164 valence electrons. The molecule has 5 heterocycles. The molecule has 0 spiro atoms. The first-order valence-electron chi connectivity index (χ1n) is 9.62. The van der Waals surface area contributed by atoms with Crippen LogP contribution in [0, 0.1) is 12.7 Å². The highest BCUT2D eigenvalue weighted by Crippen LogP contribution is 2.38. The Hall–Kier alpha value is -3.93. The monoisotopic (exact) mass is 469 g/mol. The number of thiophene rings is 1. The lowest BCUT2D eigenvalue weighted by atomic mass is 10.1. The van der Waals surface area contributed by atoms with E-state index in [1.807, 2.05) is 0 Å². The topological polar surface area (TPSA) is 84.6 Å². The molecule has 0 bridgehead atoms. The van der Waals surface area contributed by atoms with Crippen LogP contribution in [0.2, 0.25) is 0 Å². The average molecular weight is 469 g/mol. The molecule has 0 saturated carbocycles. The van der Waals surface area contributed by atoms with Gasteiger partial charge in [0.15, 0.2) is 11.5 Å². The van der Waals surface area contributed by atoms with Crippen molar-refractivity contribution in [2.45, 2.75) is 13.1 Å². The van der Waals surface area contributed by atoms with Crippen molar-refractivity contribution >= 4 is 37.4 Å². The number of fused-ring (bicyclic) bond motifs is 5. The maximum absolute atomic E-state index is 13.2. The van der Waals surface area contributed by atoms with Crippen molar-refractivity contribution in [2.24, 2.45) is 0 Å². The van der Waals surface area contributed by atoms with E-state index in [1.165, 1.54) is 23.0 Å². The van der Waals surface area contributed by atoms with E-state index >= 15 is 0 Å². The van der Waals surface area contributed by atoms with Gasteiger partial charge in [-0.05, 0) is 48.9 Å². The summed E-state index contributed by atoms with van der Waals surface area (Å²) in [4.78, 5) is 13.0. The van der Waals surface area contributed by atoms with Crippen LogP contribution in [0.3, 0.4) is 0 Å². The van der Waals surface area contributed by atoms with Gasteiger partial charge in [0.05, 0.1) is 11.2 Å². The first-order chi connectivity index (χ1) is 15.8. The third-order valence-corrected chi connectivity index (χ3v) is 6.28. The maximum Gasteiger partial charge on any atom is 0.433 e. The number of halogens is 4. The number of pyridine rings is 1. The second-order valence-corrected chi connectivity index (χ2v) is 8.40. The number of H-pyrrole nitrogens is 1. The summed E-state index contributed by atoms with van der Waals surface area (Å²) >= 11 is 1.09. The minimum atomic E-state index is -4.54. The maximum atomic E-state index is 13.2. The first-order valence-corrected chi connectivity index (χ1v) is 10.4. The van der Waals surface area contributed by atoms with E-state index in [-0.39, 0.29) is 10.6 Å². The quantitative estimate of drug-likeness (QED) is 0.343. The summed E-state index contributed by atoms with van der Waals surface area (Å²) in [6.07, 6.45) is -3.07. The number of hydrogen-bond donors (Lipinski definition) is 1. The summed E-state index contributed by atoms with van der Waals surface area (Å²) in [6, 6.07) is 8.67. The standard InChI is InChI=1S/C21H11F4N7S/c1-9-6-14(21(23,24)25)27-20-15(9)16-17(33-20)19-28-18(31-32(19)8-26-16)13-7-12(29-30-13)10-2-4-11(22)5-3-10/h2-8H,1H3,(H,29,30). The molecule has 1 aromatic carbocycles. The van der Waals surface area contributed by atoms with Gasteiger partial charge in [-0.2, -0.15) is 18.3 Å². The third kappa shape index (κ3) is 3.13. The summed E-state index contributed by atoms with van der Waals surface area (Å²) in [5.74, 6) is -0.00765. The summed E-state index contributed by atoms with van der Waals surface area (Å²) in [5.41, 5.74) is 2.31. The number of nitrogens with one attached hydrogen (secondary N) is 1. The molecule has 6 rings (SSSR count). The number of aryl methyl sites for hydroxylation is 1. The third-order valence-electron chi connectivity index (χ3n) is 5.21. The summed E-state index contributed by atoms with van der Waals surface area (Å²) in [7, 11) is 0. The Labute approximate surface area is 185 Å². The van der Waals surface area contributed by atoms with Gasteiger partial charge in [-0.25, -0.2) is 23.9 Å². The molecule has 0 fully saturated rings. The fourth-order valence-corrected chi connectivity index (χ4v) is 4.85. The van der Waals surface area contributed by atoms with Crippen LogP contribution in [0.5, 0.6) is 0 Å². The van der Waals surface area contributed by atoms with Gasteiger partial charge >= 0.3 is 6.18 Å². The normalized spacial score (nSPS) is 12.4. The Morgan fingerprint density at radius 1 is 1.06 bits per heavy atom. The average Bonchev–Trinajstić information content (AvgIpc) is 3.49. The molecular weight excluding hydrogens is 458 g/mol. The predicted molar refractivity (Wildman–Crippen MR) is 114 cm³/mol. The van der Waals surface area contributed by atoms with Crippen LogP contribution in [0.1, 0.15) is 11.3 Å². The number of hydrogen-bond acceptors (Lipinski definition) is 6. The van der Waals surface area contributed by atoms with Crippen LogP contribution in [0.25, 0.3) is 48.9 Å². The highest BCUT2D eigenvalue weighted by Gasteiger charge is 2.33. The lowest BCUT2D eigenvalue weighted by Crippen LogP contribution is -2.07. The number of aromatic amines is 1. The molecule has 0 aliphatic heterocycles. The smallest absolute Gasteiger partial charge is 0.274 e. The summed E-state index contributed by atoms with van der Waals surface area (Å²) in [6.45, 7) is 1.61. The Kier molecular flexibility index (Phi) is 4.06. The van der Waals surface area contributed by atoms with Crippen LogP contribution in [0.4, 0.5) is 17.6 Å². The van der Waals surface area contributed by atoms with Gasteiger partial charge in [-0.1, -0.05) is 0 Å². The number of nitrogens with zero attached hydrogens (tertiary/aromatic N) is 6. The lowest BCUT2D eigenvalue weighted by Gasteiger charge is -2.06. The van der Waals surface area contributed by atoms with Crippen LogP contribution in [-0.4, -0.2) is 34.8 Å². The van der Waals surface area contributed by atoms with Crippen LogP contribution in [-0.2, 0) is 6.18 Å². The number of aromatic nitrogens is 7. The molecule has 0 radical (unpaired) electrons. The van der Waals surface area contributed by atoms with E-state index in [1.54, 1.807) is 25.1 Å². The van der Waals surface area contributed by atoms with Gasteiger partial charge in [-0.15, -0.1) is 16.4 Å². The van der Waals surface area contributed by atoms with Crippen molar-refractivity contribution in [2.75, 3.05) is 0 Å². The highest BCUT2D eigenvalue weighted by molar-refractivity contribution is 7.26. The van der Waals surface area contributed by atoms with E-state index in [9.17, 15) is 17.6 Å². The predicted octanol–water partition coefficient (Wildman–Crippen LogP) is 5.41. The molecule has 5 aromatic heterocycles. The van der Waals surface area contributed by atoms with E-state index in [0.717, 1.165) is 23.0 Å². The van der Waals surface area contributed by atoms with Crippen LogP contribution < -0.4 is 0 Å². The van der Waals surface area contributed by atoms with Gasteiger partial charge in [0.25, 0.3) is 0 Å². The zero-order valence-electron chi connectivity index (χ0n) is 16.6. The molecule has 0 saturated heterocycles. The molecule has 0 amide bonds. The summed E-state index contributed by atoms with van der Waals surface area (Å²) in [5, 5.41) is 12.1. The fraction of sp³-hybridized carbons (Fsp3) is 0.0952. The van der Waals surface area contributed by atoms with Gasteiger partial charge in [-0.3, -0.25) is 5.10 Å². The minimum Gasteiger partial charge on any atom is -0.274 e. The molecular formula is C21H11F4N7S. The lowest BCUT2D eigenvalue weighted by molar-refractivity contribution is -0.141. The molecule has 0 aliphatic carbocycles. The Balaban J connectivity index is 1.49. The minimum absolute atomic E-state index is 0.239. The van der Waals surface area contributed by atoms with E-state index < -0.39 is 11.9 Å². The van der Waals surface area contributed by atoms with Crippen LogP contribution in [0.15, 0.2) is 42.7 Å². The Bertz CT molecular complexity index is 1680. The van der Waals surface area contributed by atoms with Gasteiger partial charge in [0.2, 0.25) is 0 Å². The fourth-order valence-electron chi connectivity index (χ4n) is 3.67. The first kappa shape index (κ1) is 19.7. The molecule has 0 aliphatic rings. The van der Waals surface area contributed by atoms with Gasteiger partial charge in [0.1, 0.15) is 33.1 Å². The second-order valence-electron chi connectivity index (χ2n) is 7.40. The molecule has 6 aromatic rings. The van der Waals surface area contributed by atoms with Crippen molar-refractivity contribution in [3.63, 3.8) is 0 Å². The number of rotatable bonds is 2. The number of benzene rings is 1.